The maximum atomic E-state index is 10.6. The Morgan fingerprint density at radius 3 is 2.63 bits per heavy atom. The molecule has 4 heteroatoms. The zero-order valence-electron chi connectivity index (χ0n) is 11.6. The molecule has 0 saturated heterocycles. The molecule has 1 rings (SSSR count). The van der Waals surface area contributed by atoms with Crippen LogP contribution in [0.2, 0.25) is 0 Å². The SMILES string of the molecule is CC(CCc1ccc(O)cc1)NCCCCC(N)=O. The molecular formula is C15H24N2O2. The average molecular weight is 264 g/mol. The number of rotatable bonds is 9. The van der Waals surface area contributed by atoms with Crippen LogP contribution in [0.1, 0.15) is 38.2 Å². The first-order valence-corrected chi connectivity index (χ1v) is 6.87. The average Bonchev–Trinajstić information content (AvgIpc) is 2.37. The Hall–Kier alpha value is -1.55. The Morgan fingerprint density at radius 2 is 2.00 bits per heavy atom. The minimum atomic E-state index is -0.222. The Kier molecular flexibility index (Phi) is 6.97. The molecule has 0 saturated carbocycles. The van der Waals surface area contributed by atoms with Crippen molar-refractivity contribution in [2.75, 3.05) is 6.54 Å². The highest BCUT2D eigenvalue weighted by atomic mass is 16.3. The molecular weight excluding hydrogens is 240 g/mol. The van der Waals surface area contributed by atoms with Crippen molar-refractivity contribution in [3.05, 3.63) is 29.8 Å². The number of nitrogens with one attached hydrogen (secondary N) is 1. The summed E-state index contributed by atoms with van der Waals surface area (Å²) in [6, 6.07) is 7.79. The Morgan fingerprint density at radius 1 is 1.32 bits per heavy atom. The summed E-state index contributed by atoms with van der Waals surface area (Å²) in [5.74, 6) is 0.0877. The number of nitrogens with two attached hydrogens (primary N) is 1. The topological polar surface area (TPSA) is 75.3 Å². The van der Waals surface area contributed by atoms with Gasteiger partial charge in [0.25, 0.3) is 0 Å². The van der Waals surface area contributed by atoms with Crippen LogP contribution in [0.3, 0.4) is 0 Å². The van der Waals surface area contributed by atoms with Gasteiger partial charge in [0.1, 0.15) is 5.75 Å². The molecule has 0 aliphatic heterocycles. The molecule has 0 radical (unpaired) electrons. The van der Waals surface area contributed by atoms with Crippen LogP contribution in [0.25, 0.3) is 0 Å². The number of benzene rings is 1. The van der Waals surface area contributed by atoms with E-state index >= 15 is 0 Å². The molecule has 0 heterocycles. The lowest BCUT2D eigenvalue weighted by atomic mass is 10.1. The molecule has 1 aromatic carbocycles. The minimum absolute atomic E-state index is 0.222. The fraction of sp³-hybridized carbons (Fsp3) is 0.533. The number of carbonyl (C=O) groups excluding carboxylic acids is 1. The number of primary amides is 1. The molecule has 0 aromatic heterocycles. The van der Waals surface area contributed by atoms with E-state index in [1.165, 1.54) is 5.56 Å². The Bertz CT molecular complexity index is 376. The number of carbonyl (C=O) groups is 1. The highest BCUT2D eigenvalue weighted by Crippen LogP contribution is 2.11. The number of phenolic OH excluding ortho intramolecular Hbond substituents is 1. The summed E-state index contributed by atoms with van der Waals surface area (Å²) in [7, 11) is 0. The summed E-state index contributed by atoms with van der Waals surface area (Å²) in [6.07, 6.45) is 4.36. The highest BCUT2D eigenvalue weighted by Gasteiger charge is 2.02. The van der Waals surface area contributed by atoms with Crippen LogP contribution >= 0.6 is 0 Å². The van der Waals surface area contributed by atoms with Crippen molar-refractivity contribution in [1.29, 1.82) is 0 Å². The van der Waals surface area contributed by atoms with Crippen LogP contribution in [-0.2, 0) is 11.2 Å². The van der Waals surface area contributed by atoms with Crippen molar-refractivity contribution in [3.8, 4) is 5.75 Å². The second-order valence-electron chi connectivity index (χ2n) is 4.98. The smallest absolute Gasteiger partial charge is 0.217 e. The Balaban J connectivity index is 2.09. The number of aryl methyl sites for hydroxylation is 1. The predicted octanol–water partition coefficient (Wildman–Crippen LogP) is 1.96. The summed E-state index contributed by atoms with van der Waals surface area (Å²) in [5, 5.41) is 12.6. The van der Waals surface area contributed by atoms with Crippen molar-refractivity contribution in [2.24, 2.45) is 5.73 Å². The van der Waals surface area contributed by atoms with Gasteiger partial charge >= 0.3 is 0 Å². The van der Waals surface area contributed by atoms with Gasteiger partial charge < -0.3 is 16.2 Å². The molecule has 4 N–H and O–H groups in total. The van der Waals surface area contributed by atoms with Crippen LogP contribution in [0.5, 0.6) is 5.75 Å². The van der Waals surface area contributed by atoms with Gasteiger partial charge in [-0.2, -0.15) is 0 Å². The quantitative estimate of drug-likeness (QED) is 0.597. The molecule has 0 spiro atoms. The maximum Gasteiger partial charge on any atom is 0.217 e. The summed E-state index contributed by atoms with van der Waals surface area (Å²) in [4.78, 5) is 10.6. The van der Waals surface area contributed by atoms with Gasteiger partial charge in [-0.3, -0.25) is 4.79 Å². The molecule has 0 bridgehead atoms. The number of hydrogen-bond donors (Lipinski definition) is 3. The summed E-state index contributed by atoms with van der Waals surface area (Å²) < 4.78 is 0. The predicted molar refractivity (Wildman–Crippen MR) is 76.9 cm³/mol. The van der Waals surface area contributed by atoms with Crippen molar-refractivity contribution in [1.82, 2.24) is 5.32 Å². The lowest BCUT2D eigenvalue weighted by Gasteiger charge is -2.13. The minimum Gasteiger partial charge on any atom is -0.508 e. The molecule has 4 nitrogen and oxygen atoms in total. The first-order chi connectivity index (χ1) is 9.08. The van der Waals surface area contributed by atoms with E-state index < -0.39 is 0 Å². The van der Waals surface area contributed by atoms with Crippen LogP contribution in [-0.4, -0.2) is 23.6 Å². The fourth-order valence-corrected chi connectivity index (χ4v) is 1.92. The second kappa shape index (κ2) is 8.53. The molecule has 1 atom stereocenters. The van der Waals surface area contributed by atoms with E-state index in [0.717, 1.165) is 32.2 Å². The van der Waals surface area contributed by atoms with Crippen molar-refractivity contribution >= 4 is 5.91 Å². The van der Waals surface area contributed by atoms with Gasteiger partial charge in [-0.15, -0.1) is 0 Å². The zero-order valence-corrected chi connectivity index (χ0v) is 11.6. The van der Waals surface area contributed by atoms with E-state index in [1.54, 1.807) is 12.1 Å². The van der Waals surface area contributed by atoms with Gasteiger partial charge in [-0.25, -0.2) is 0 Å². The molecule has 0 aliphatic rings. The third-order valence-corrected chi connectivity index (χ3v) is 3.15. The number of phenols is 1. The number of amides is 1. The maximum absolute atomic E-state index is 10.6. The second-order valence-corrected chi connectivity index (χ2v) is 4.98. The van der Waals surface area contributed by atoms with E-state index in [1.807, 2.05) is 12.1 Å². The number of aromatic hydroxyl groups is 1. The lowest BCUT2D eigenvalue weighted by Crippen LogP contribution is -2.27. The van der Waals surface area contributed by atoms with Crippen LogP contribution in [0.15, 0.2) is 24.3 Å². The first-order valence-electron chi connectivity index (χ1n) is 6.87. The molecule has 1 aromatic rings. The van der Waals surface area contributed by atoms with Gasteiger partial charge in [0.15, 0.2) is 0 Å². The van der Waals surface area contributed by atoms with Crippen LogP contribution < -0.4 is 11.1 Å². The van der Waals surface area contributed by atoms with Gasteiger partial charge in [-0.05, 0) is 56.8 Å². The highest BCUT2D eigenvalue weighted by molar-refractivity contribution is 5.73. The van der Waals surface area contributed by atoms with E-state index in [4.69, 9.17) is 5.73 Å². The van der Waals surface area contributed by atoms with E-state index in [-0.39, 0.29) is 5.91 Å². The molecule has 19 heavy (non-hydrogen) atoms. The van der Waals surface area contributed by atoms with E-state index in [2.05, 4.69) is 12.2 Å². The monoisotopic (exact) mass is 264 g/mol. The molecule has 1 amide bonds. The van der Waals surface area contributed by atoms with Crippen molar-refractivity contribution in [3.63, 3.8) is 0 Å². The normalized spacial score (nSPS) is 12.3. The molecule has 0 fully saturated rings. The Labute approximate surface area is 115 Å². The summed E-state index contributed by atoms with van der Waals surface area (Å²) >= 11 is 0. The van der Waals surface area contributed by atoms with Crippen LogP contribution in [0, 0.1) is 0 Å². The van der Waals surface area contributed by atoms with Gasteiger partial charge in [0.2, 0.25) is 5.91 Å². The van der Waals surface area contributed by atoms with Gasteiger partial charge in [0, 0.05) is 12.5 Å². The number of unbranched alkanes of at least 4 members (excludes halogenated alkanes) is 1. The standard InChI is InChI=1S/C15H24N2O2/c1-12(17-11-3-2-4-15(16)19)5-6-13-7-9-14(18)10-8-13/h7-10,12,17-18H,2-6,11H2,1H3,(H2,16,19). The summed E-state index contributed by atoms with van der Waals surface area (Å²) in [6.45, 7) is 3.08. The van der Waals surface area contributed by atoms with Gasteiger partial charge in [-0.1, -0.05) is 12.1 Å². The van der Waals surface area contributed by atoms with Crippen molar-refractivity contribution < 1.29 is 9.90 Å². The molecule has 1 unspecified atom stereocenters. The fourth-order valence-electron chi connectivity index (χ4n) is 1.92. The molecule has 106 valence electrons. The lowest BCUT2D eigenvalue weighted by molar-refractivity contribution is -0.118. The third-order valence-electron chi connectivity index (χ3n) is 3.15. The first kappa shape index (κ1) is 15.5. The van der Waals surface area contributed by atoms with E-state index in [0.29, 0.717) is 18.2 Å². The van der Waals surface area contributed by atoms with Crippen LogP contribution in [0.4, 0.5) is 0 Å². The van der Waals surface area contributed by atoms with Crippen molar-refractivity contribution in [2.45, 2.75) is 45.1 Å². The number of hydrogen-bond acceptors (Lipinski definition) is 3. The van der Waals surface area contributed by atoms with E-state index in [9.17, 15) is 9.90 Å². The third kappa shape index (κ3) is 7.47. The molecule has 0 aliphatic carbocycles. The van der Waals surface area contributed by atoms with Gasteiger partial charge in [0.05, 0.1) is 0 Å². The summed E-state index contributed by atoms with van der Waals surface area (Å²) in [5.41, 5.74) is 6.32. The largest absolute Gasteiger partial charge is 0.508 e. The zero-order chi connectivity index (χ0) is 14.1.